The minimum absolute atomic E-state index is 0.0353. The van der Waals surface area contributed by atoms with Crippen molar-refractivity contribution in [2.24, 2.45) is 0 Å². The van der Waals surface area contributed by atoms with E-state index in [1.54, 1.807) is 13.0 Å². The molecule has 2 N–H and O–H groups in total. The van der Waals surface area contributed by atoms with Crippen LogP contribution < -0.4 is 5.32 Å². The van der Waals surface area contributed by atoms with Gasteiger partial charge in [-0.25, -0.2) is 4.79 Å². The van der Waals surface area contributed by atoms with Crippen LogP contribution in [-0.4, -0.2) is 36.3 Å². The van der Waals surface area contributed by atoms with Crippen LogP contribution in [0.1, 0.15) is 39.0 Å². The van der Waals surface area contributed by atoms with Gasteiger partial charge in [-0.05, 0) is 12.5 Å². The van der Waals surface area contributed by atoms with Gasteiger partial charge in [0.25, 0.3) is 0 Å². The Labute approximate surface area is 117 Å². The molecule has 0 aliphatic carbocycles. The number of Topliss-reactive ketones (excluding diaryl/α,β-unsaturated/α-hetero) is 1. The molecule has 0 saturated carbocycles. The number of nitrogens with one attached hydrogen (secondary N) is 2. The van der Waals surface area contributed by atoms with Crippen molar-refractivity contribution in [1.82, 2.24) is 10.3 Å². The molecular formula is C14H18N2O4. The van der Waals surface area contributed by atoms with Crippen LogP contribution >= 0.6 is 0 Å². The summed E-state index contributed by atoms with van der Waals surface area (Å²) >= 11 is 0. The number of H-pyrrole nitrogens is 1. The average Bonchev–Trinajstić information content (AvgIpc) is 2.72. The van der Waals surface area contributed by atoms with Crippen LogP contribution in [0.3, 0.4) is 0 Å². The lowest BCUT2D eigenvalue weighted by Crippen LogP contribution is -2.26. The lowest BCUT2D eigenvalue weighted by Gasteiger charge is -2.04. The molecule has 0 aliphatic heterocycles. The van der Waals surface area contributed by atoms with E-state index < -0.39 is 5.97 Å². The number of aromatic nitrogens is 1. The zero-order valence-corrected chi connectivity index (χ0v) is 11.8. The number of hydrogen-bond acceptors (Lipinski definition) is 4. The Morgan fingerprint density at radius 1 is 1.40 bits per heavy atom. The van der Waals surface area contributed by atoms with Crippen molar-refractivity contribution in [2.75, 3.05) is 13.7 Å². The number of esters is 1. The molecule has 1 rings (SSSR count). The van der Waals surface area contributed by atoms with E-state index in [1.165, 1.54) is 14.0 Å². The van der Waals surface area contributed by atoms with Gasteiger partial charge >= 0.3 is 5.97 Å². The first kappa shape index (κ1) is 15.7. The van der Waals surface area contributed by atoms with Gasteiger partial charge in [-0.15, -0.1) is 6.58 Å². The van der Waals surface area contributed by atoms with Crippen LogP contribution in [0.15, 0.2) is 12.7 Å². The molecule has 20 heavy (non-hydrogen) atoms. The van der Waals surface area contributed by atoms with Gasteiger partial charge in [0.05, 0.1) is 24.8 Å². The fourth-order valence-electron chi connectivity index (χ4n) is 1.93. The van der Waals surface area contributed by atoms with Crippen LogP contribution in [0.2, 0.25) is 0 Å². The fraction of sp³-hybridized carbons (Fsp3) is 0.357. The number of hydrogen-bond donors (Lipinski definition) is 2. The van der Waals surface area contributed by atoms with Crippen LogP contribution in [0.25, 0.3) is 0 Å². The van der Waals surface area contributed by atoms with E-state index in [1.807, 2.05) is 0 Å². The summed E-state index contributed by atoms with van der Waals surface area (Å²) in [5, 5.41) is 2.61. The van der Waals surface area contributed by atoms with Gasteiger partial charge < -0.3 is 15.0 Å². The Balaban J connectivity index is 3.13. The highest BCUT2D eigenvalue weighted by molar-refractivity contribution is 6.01. The van der Waals surface area contributed by atoms with E-state index in [0.29, 0.717) is 23.5 Å². The second-order valence-corrected chi connectivity index (χ2v) is 4.30. The second-order valence-electron chi connectivity index (χ2n) is 4.30. The smallest absolute Gasteiger partial charge is 0.339 e. The molecule has 0 aliphatic rings. The molecule has 1 aromatic heterocycles. The van der Waals surface area contributed by atoms with Crippen molar-refractivity contribution in [2.45, 2.75) is 20.3 Å². The molecule has 1 amide bonds. The summed E-state index contributed by atoms with van der Waals surface area (Å²) in [5.74, 6) is -1.05. The summed E-state index contributed by atoms with van der Waals surface area (Å²) in [5.41, 5.74) is 1.43. The Kier molecular flexibility index (Phi) is 5.25. The molecule has 1 aromatic rings. The lowest BCUT2D eigenvalue weighted by atomic mass is 10.1. The number of rotatable bonds is 6. The topological polar surface area (TPSA) is 88.3 Å². The molecule has 0 aromatic carbocycles. The van der Waals surface area contributed by atoms with Crippen LogP contribution in [-0.2, 0) is 16.0 Å². The van der Waals surface area contributed by atoms with Gasteiger partial charge in [-0.3, -0.25) is 9.59 Å². The maximum atomic E-state index is 11.8. The van der Waals surface area contributed by atoms with Crippen LogP contribution in [0, 0.1) is 6.92 Å². The lowest BCUT2D eigenvalue weighted by molar-refractivity contribution is -0.120. The maximum Gasteiger partial charge on any atom is 0.339 e. The van der Waals surface area contributed by atoms with Crippen molar-refractivity contribution in [3.63, 3.8) is 0 Å². The summed E-state index contributed by atoms with van der Waals surface area (Å²) < 4.78 is 4.70. The first-order chi connectivity index (χ1) is 9.42. The third-order valence-electron chi connectivity index (χ3n) is 2.85. The standard InChI is InChI=1S/C14H18N2O4/c1-5-6-15-11(18)7-10-12(14(19)20-4)8(2)13(16-10)9(3)17/h5,16H,1,6-7H2,2-4H3,(H,15,18). The molecule has 0 spiro atoms. The predicted molar refractivity (Wildman–Crippen MR) is 73.8 cm³/mol. The Morgan fingerprint density at radius 2 is 2.05 bits per heavy atom. The molecule has 0 saturated heterocycles. The predicted octanol–water partition coefficient (Wildman–Crippen LogP) is 1.16. The first-order valence-corrected chi connectivity index (χ1v) is 6.10. The van der Waals surface area contributed by atoms with Crippen molar-refractivity contribution in [3.8, 4) is 0 Å². The number of carbonyl (C=O) groups excluding carboxylic acids is 3. The normalized spacial score (nSPS) is 9.95. The number of methoxy groups -OCH3 is 1. The molecule has 108 valence electrons. The highest BCUT2D eigenvalue weighted by Gasteiger charge is 2.24. The van der Waals surface area contributed by atoms with Crippen LogP contribution in [0.5, 0.6) is 0 Å². The molecule has 6 heteroatoms. The number of ether oxygens (including phenoxy) is 1. The number of ketones is 1. The third kappa shape index (κ3) is 3.34. The molecule has 6 nitrogen and oxygen atoms in total. The van der Waals surface area contributed by atoms with Crippen molar-refractivity contribution < 1.29 is 19.1 Å². The van der Waals surface area contributed by atoms with E-state index in [-0.39, 0.29) is 23.7 Å². The molecule has 0 unspecified atom stereocenters. The SMILES string of the molecule is C=CCNC(=O)Cc1[nH]c(C(C)=O)c(C)c1C(=O)OC. The van der Waals surface area contributed by atoms with Gasteiger partial charge in [0, 0.05) is 19.2 Å². The van der Waals surface area contributed by atoms with Gasteiger partial charge in [-0.2, -0.15) is 0 Å². The monoisotopic (exact) mass is 278 g/mol. The third-order valence-corrected chi connectivity index (χ3v) is 2.85. The number of aromatic amines is 1. The Morgan fingerprint density at radius 3 is 2.55 bits per heavy atom. The molecule has 0 atom stereocenters. The van der Waals surface area contributed by atoms with E-state index in [9.17, 15) is 14.4 Å². The summed E-state index contributed by atoms with van der Waals surface area (Å²) in [6.45, 7) is 6.87. The minimum atomic E-state index is -0.572. The van der Waals surface area contributed by atoms with E-state index in [2.05, 4.69) is 16.9 Å². The Hall–Kier alpha value is -2.37. The maximum absolute atomic E-state index is 11.8. The quantitative estimate of drug-likeness (QED) is 0.464. The number of carbonyl (C=O) groups is 3. The van der Waals surface area contributed by atoms with Gasteiger partial charge in [0.15, 0.2) is 5.78 Å². The molecule has 0 fully saturated rings. The van der Waals surface area contributed by atoms with Crippen molar-refractivity contribution in [3.05, 3.63) is 35.2 Å². The van der Waals surface area contributed by atoms with E-state index >= 15 is 0 Å². The molecule has 0 radical (unpaired) electrons. The zero-order chi connectivity index (χ0) is 15.3. The summed E-state index contributed by atoms with van der Waals surface area (Å²) in [7, 11) is 1.25. The molecular weight excluding hydrogens is 260 g/mol. The number of amides is 1. The highest BCUT2D eigenvalue weighted by atomic mass is 16.5. The van der Waals surface area contributed by atoms with Gasteiger partial charge in [0.2, 0.25) is 5.91 Å². The zero-order valence-electron chi connectivity index (χ0n) is 11.8. The van der Waals surface area contributed by atoms with Gasteiger partial charge in [0.1, 0.15) is 0 Å². The summed E-state index contributed by atoms with van der Waals surface area (Å²) in [6.07, 6.45) is 1.52. The second kappa shape index (κ2) is 6.70. The first-order valence-electron chi connectivity index (χ1n) is 6.10. The minimum Gasteiger partial charge on any atom is -0.465 e. The molecule has 1 heterocycles. The Bertz CT molecular complexity index is 558. The van der Waals surface area contributed by atoms with Crippen LogP contribution in [0.4, 0.5) is 0 Å². The van der Waals surface area contributed by atoms with Crippen molar-refractivity contribution in [1.29, 1.82) is 0 Å². The van der Waals surface area contributed by atoms with E-state index in [4.69, 9.17) is 4.74 Å². The largest absolute Gasteiger partial charge is 0.465 e. The fourth-order valence-corrected chi connectivity index (χ4v) is 1.93. The van der Waals surface area contributed by atoms with Gasteiger partial charge in [-0.1, -0.05) is 6.08 Å². The molecule has 0 bridgehead atoms. The summed E-state index contributed by atoms with van der Waals surface area (Å²) in [4.78, 5) is 37.8. The van der Waals surface area contributed by atoms with E-state index in [0.717, 1.165) is 0 Å². The van der Waals surface area contributed by atoms with Crippen molar-refractivity contribution >= 4 is 17.7 Å². The summed E-state index contributed by atoms with van der Waals surface area (Å²) in [6, 6.07) is 0. The average molecular weight is 278 g/mol. The highest BCUT2D eigenvalue weighted by Crippen LogP contribution is 2.20.